The third kappa shape index (κ3) is 3.61. The van der Waals surface area contributed by atoms with E-state index in [0.717, 1.165) is 32.4 Å². The van der Waals surface area contributed by atoms with Crippen LogP contribution in [0, 0.1) is 12.7 Å². The molecule has 2 fully saturated rings. The molecule has 1 aromatic carbocycles. The van der Waals surface area contributed by atoms with E-state index in [1.165, 1.54) is 6.07 Å². The summed E-state index contributed by atoms with van der Waals surface area (Å²) in [5, 5.41) is 2.76. The number of aryl methyl sites for hydroxylation is 1. The Bertz CT molecular complexity index is 602. The minimum atomic E-state index is -0.314. The third-order valence-corrected chi connectivity index (χ3v) is 5.10. The molecule has 0 unspecified atom stereocenters. The third-order valence-electron chi connectivity index (χ3n) is 5.10. The minimum Gasteiger partial charge on any atom is -0.377 e. The van der Waals surface area contributed by atoms with Crippen LogP contribution in [-0.2, 0) is 14.3 Å². The Balaban J connectivity index is 1.56. The summed E-state index contributed by atoms with van der Waals surface area (Å²) >= 11 is 0. The smallest absolute Gasteiger partial charge is 0.238 e. The second-order valence-corrected chi connectivity index (χ2v) is 6.74. The van der Waals surface area contributed by atoms with Gasteiger partial charge in [-0.15, -0.1) is 0 Å². The standard InChI is InChI=1S/C18H25FN2O3/c1-13-4-5-14(10-15(13)19)20-17(22)12-21-8-7-18(6-3-9-24-18)16(11-21)23-2/h4-5,10,16H,3,6-9,11-12H2,1-2H3,(H,20,22)/t16-,18-/m1/s1. The molecule has 1 aromatic rings. The van der Waals surface area contributed by atoms with Gasteiger partial charge in [-0.2, -0.15) is 0 Å². The number of halogens is 1. The van der Waals surface area contributed by atoms with Gasteiger partial charge in [-0.3, -0.25) is 9.69 Å². The Labute approximate surface area is 142 Å². The number of benzene rings is 1. The van der Waals surface area contributed by atoms with Crippen molar-refractivity contribution in [1.29, 1.82) is 0 Å². The van der Waals surface area contributed by atoms with E-state index < -0.39 is 0 Å². The molecule has 2 aliphatic rings. The normalized spacial score (nSPS) is 27.5. The zero-order valence-electron chi connectivity index (χ0n) is 14.3. The van der Waals surface area contributed by atoms with Gasteiger partial charge in [0.25, 0.3) is 0 Å². The summed E-state index contributed by atoms with van der Waals surface area (Å²) in [5.41, 5.74) is 0.870. The summed E-state index contributed by atoms with van der Waals surface area (Å²) < 4.78 is 25.2. The monoisotopic (exact) mass is 336 g/mol. The van der Waals surface area contributed by atoms with E-state index in [1.54, 1.807) is 26.2 Å². The van der Waals surface area contributed by atoms with Crippen LogP contribution in [0.15, 0.2) is 18.2 Å². The zero-order chi connectivity index (χ0) is 17.2. The summed E-state index contributed by atoms with van der Waals surface area (Å²) in [7, 11) is 1.70. The highest BCUT2D eigenvalue weighted by molar-refractivity contribution is 5.92. The average Bonchev–Trinajstić information content (AvgIpc) is 3.02. The molecule has 5 nitrogen and oxygen atoms in total. The van der Waals surface area contributed by atoms with Gasteiger partial charge in [0.2, 0.25) is 5.91 Å². The maximum atomic E-state index is 13.6. The van der Waals surface area contributed by atoms with E-state index >= 15 is 0 Å². The van der Waals surface area contributed by atoms with Crippen molar-refractivity contribution in [2.24, 2.45) is 0 Å². The summed E-state index contributed by atoms with van der Waals surface area (Å²) in [4.78, 5) is 14.3. The van der Waals surface area contributed by atoms with Gasteiger partial charge in [0, 0.05) is 32.5 Å². The number of amides is 1. The van der Waals surface area contributed by atoms with Gasteiger partial charge >= 0.3 is 0 Å². The highest BCUT2D eigenvalue weighted by Crippen LogP contribution is 2.37. The largest absolute Gasteiger partial charge is 0.377 e. The quantitative estimate of drug-likeness (QED) is 0.917. The maximum absolute atomic E-state index is 13.6. The van der Waals surface area contributed by atoms with Crippen molar-refractivity contribution in [1.82, 2.24) is 4.90 Å². The summed E-state index contributed by atoms with van der Waals surface area (Å²) in [6, 6.07) is 4.72. The first-order valence-electron chi connectivity index (χ1n) is 8.47. The molecule has 2 atom stereocenters. The molecule has 0 aromatic heterocycles. The molecule has 0 bridgehead atoms. The highest BCUT2D eigenvalue weighted by atomic mass is 19.1. The van der Waals surface area contributed by atoms with Gasteiger partial charge in [0.15, 0.2) is 0 Å². The van der Waals surface area contributed by atoms with Gasteiger partial charge in [-0.25, -0.2) is 4.39 Å². The second kappa shape index (κ2) is 7.17. The molecule has 6 heteroatoms. The Morgan fingerprint density at radius 2 is 2.33 bits per heavy atom. The number of hydrogen-bond donors (Lipinski definition) is 1. The molecular formula is C18H25FN2O3. The molecule has 2 saturated heterocycles. The second-order valence-electron chi connectivity index (χ2n) is 6.74. The van der Waals surface area contributed by atoms with E-state index in [-0.39, 0.29) is 30.0 Å². The number of anilines is 1. The molecule has 1 amide bonds. The van der Waals surface area contributed by atoms with Crippen LogP contribution < -0.4 is 5.32 Å². The lowest BCUT2D eigenvalue weighted by atomic mass is 9.86. The number of methoxy groups -OCH3 is 1. The van der Waals surface area contributed by atoms with E-state index in [0.29, 0.717) is 17.8 Å². The zero-order valence-corrected chi connectivity index (χ0v) is 14.3. The number of nitrogens with one attached hydrogen (secondary N) is 1. The Morgan fingerprint density at radius 3 is 3.00 bits per heavy atom. The summed E-state index contributed by atoms with van der Waals surface area (Å²) in [5.74, 6) is -0.457. The topological polar surface area (TPSA) is 50.8 Å². The Kier molecular flexibility index (Phi) is 5.18. The molecule has 0 saturated carbocycles. The van der Waals surface area contributed by atoms with E-state index in [9.17, 15) is 9.18 Å². The number of piperidine rings is 1. The molecule has 1 N–H and O–H groups in total. The van der Waals surface area contributed by atoms with Gasteiger partial charge in [-0.1, -0.05) is 6.07 Å². The first-order chi connectivity index (χ1) is 11.5. The fourth-order valence-corrected chi connectivity index (χ4v) is 3.68. The summed E-state index contributed by atoms with van der Waals surface area (Å²) in [6.07, 6.45) is 2.95. The van der Waals surface area contributed by atoms with Crippen molar-refractivity contribution in [3.8, 4) is 0 Å². The lowest BCUT2D eigenvalue weighted by molar-refractivity contribution is -0.145. The molecule has 1 spiro atoms. The Morgan fingerprint density at radius 1 is 1.50 bits per heavy atom. The number of nitrogens with zero attached hydrogens (tertiary/aromatic N) is 1. The fourth-order valence-electron chi connectivity index (χ4n) is 3.68. The van der Waals surface area contributed by atoms with Crippen LogP contribution in [0.5, 0.6) is 0 Å². The van der Waals surface area contributed by atoms with Gasteiger partial charge < -0.3 is 14.8 Å². The van der Waals surface area contributed by atoms with Crippen LogP contribution in [-0.4, -0.2) is 55.9 Å². The molecule has 2 aliphatic heterocycles. The molecule has 2 heterocycles. The van der Waals surface area contributed by atoms with E-state index in [4.69, 9.17) is 9.47 Å². The SMILES string of the molecule is CO[C@@H]1CN(CC(=O)Nc2ccc(C)c(F)c2)CC[C@]12CCCO2. The van der Waals surface area contributed by atoms with Crippen molar-refractivity contribution < 1.29 is 18.7 Å². The van der Waals surface area contributed by atoms with Crippen LogP contribution in [0.1, 0.15) is 24.8 Å². The average molecular weight is 336 g/mol. The van der Waals surface area contributed by atoms with Gasteiger partial charge in [-0.05, 0) is 43.9 Å². The van der Waals surface area contributed by atoms with Crippen molar-refractivity contribution >= 4 is 11.6 Å². The number of rotatable bonds is 4. The molecule has 0 aliphatic carbocycles. The number of likely N-dealkylation sites (tertiary alicyclic amines) is 1. The van der Waals surface area contributed by atoms with Crippen molar-refractivity contribution in [2.75, 3.05) is 38.7 Å². The van der Waals surface area contributed by atoms with Crippen molar-refractivity contribution in [3.05, 3.63) is 29.6 Å². The minimum absolute atomic E-state index is 0.0154. The van der Waals surface area contributed by atoms with Gasteiger partial charge in [0.05, 0.1) is 18.2 Å². The number of carbonyl (C=O) groups excluding carboxylic acids is 1. The molecule has 24 heavy (non-hydrogen) atoms. The molecule has 0 radical (unpaired) electrons. The van der Waals surface area contributed by atoms with Crippen LogP contribution >= 0.6 is 0 Å². The van der Waals surface area contributed by atoms with E-state index in [2.05, 4.69) is 10.2 Å². The van der Waals surface area contributed by atoms with Crippen molar-refractivity contribution in [3.63, 3.8) is 0 Å². The lowest BCUT2D eigenvalue weighted by Crippen LogP contribution is -2.57. The molecule has 132 valence electrons. The summed E-state index contributed by atoms with van der Waals surface area (Å²) in [6.45, 7) is 4.23. The lowest BCUT2D eigenvalue weighted by Gasteiger charge is -2.44. The molecular weight excluding hydrogens is 311 g/mol. The van der Waals surface area contributed by atoms with Crippen molar-refractivity contribution in [2.45, 2.75) is 37.9 Å². The predicted octanol–water partition coefficient (Wildman–Crippen LogP) is 2.34. The predicted molar refractivity (Wildman–Crippen MR) is 89.5 cm³/mol. The number of hydrogen-bond acceptors (Lipinski definition) is 4. The molecule has 3 rings (SSSR count). The number of ether oxygens (including phenoxy) is 2. The van der Waals surface area contributed by atoms with Crippen LogP contribution in [0.25, 0.3) is 0 Å². The fraction of sp³-hybridized carbons (Fsp3) is 0.611. The number of carbonyl (C=O) groups is 1. The van der Waals surface area contributed by atoms with Crippen LogP contribution in [0.3, 0.4) is 0 Å². The first-order valence-corrected chi connectivity index (χ1v) is 8.47. The highest BCUT2D eigenvalue weighted by Gasteiger charge is 2.46. The van der Waals surface area contributed by atoms with Crippen LogP contribution in [0.4, 0.5) is 10.1 Å². The van der Waals surface area contributed by atoms with Gasteiger partial charge in [0.1, 0.15) is 5.82 Å². The van der Waals surface area contributed by atoms with E-state index in [1.807, 2.05) is 0 Å². The van der Waals surface area contributed by atoms with Crippen LogP contribution in [0.2, 0.25) is 0 Å². The maximum Gasteiger partial charge on any atom is 0.238 e. The Hall–Kier alpha value is -1.50. The first kappa shape index (κ1) is 17.3.